The van der Waals surface area contributed by atoms with Gasteiger partial charge < -0.3 is 5.32 Å². The van der Waals surface area contributed by atoms with Crippen molar-refractivity contribution >= 4 is 10.0 Å². The predicted octanol–water partition coefficient (Wildman–Crippen LogP) is 1.86. The fraction of sp³-hybridized carbons (Fsp3) is 0.571. The Kier molecular flexibility index (Phi) is 6.58. The molecule has 114 valence electrons. The van der Waals surface area contributed by atoms with Crippen LogP contribution in [-0.4, -0.2) is 27.8 Å². The van der Waals surface area contributed by atoms with Crippen LogP contribution in [0.5, 0.6) is 0 Å². The number of benzene rings is 1. The Morgan fingerprint density at radius 2 is 1.75 bits per heavy atom. The molecule has 0 atom stereocenters. The molecular formula is C14H23FN2O2S. The fourth-order valence-electron chi connectivity index (χ4n) is 2.00. The smallest absolute Gasteiger partial charge is 0.211 e. The Labute approximate surface area is 120 Å². The van der Waals surface area contributed by atoms with E-state index in [9.17, 15) is 12.8 Å². The second-order valence-electron chi connectivity index (χ2n) is 4.99. The molecule has 0 bridgehead atoms. The third-order valence-electron chi connectivity index (χ3n) is 3.08. The van der Waals surface area contributed by atoms with Crippen LogP contribution < -0.4 is 10.0 Å². The van der Waals surface area contributed by atoms with Gasteiger partial charge in [0.15, 0.2) is 0 Å². The maximum Gasteiger partial charge on any atom is 0.211 e. The summed E-state index contributed by atoms with van der Waals surface area (Å²) in [5.74, 6) is -0.114. The number of hydrogen-bond donors (Lipinski definition) is 2. The highest BCUT2D eigenvalue weighted by atomic mass is 32.2. The fourth-order valence-corrected chi connectivity index (χ4v) is 3.11. The number of rotatable bonds is 8. The van der Waals surface area contributed by atoms with E-state index < -0.39 is 10.0 Å². The zero-order chi connectivity index (χ0) is 15.2. The highest BCUT2D eigenvalue weighted by Gasteiger charge is 2.10. The molecule has 0 spiro atoms. The molecule has 0 radical (unpaired) electrons. The van der Waals surface area contributed by atoms with E-state index in [1.54, 1.807) is 26.0 Å². The first-order valence-corrected chi connectivity index (χ1v) is 8.38. The zero-order valence-electron chi connectivity index (χ0n) is 12.3. The van der Waals surface area contributed by atoms with E-state index in [1.807, 2.05) is 7.05 Å². The molecule has 0 aromatic heterocycles. The number of halogens is 1. The molecule has 2 N–H and O–H groups in total. The Bertz CT molecular complexity index is 521. The lowest BCUT2D eigenvalue weighted by atomic mass is 10.1. The van der Waals surface area contributed by atoms with E-state index in [2.05, 4.69) is 10.0 Å². The molecule has 0 aliphatic rings. The van der Waals surface area contributed by atoms with Crippen molar-refractivity contribution in [2.24, 2.45) is 0 Å². The van der Waals surface area contributed by atoms with Gasteiger partial charge in [0, 0.05) is 6.54 Å². The Morgan fingerprint density at radius 3 is 2.30 bits per heavy atom. The van der Waals surface area contributed by atoms with Crippen LogP contribution in [0, 0.1) is 19.7 Å². The Morgan fingerprint density at radius 1 is 1.15 bits per heavy atom. The first kappa shape index (κ1) is 17.1. The highest BCUT2D eigenvalue weighted by molar-refractivity contribution is 7.89. The molecule has 20 heavy (non-hydrogen) atoms. The molecule has 0 unspecified atom stereocenters. The third kappa shape index (κ3) is 5.56. The maximum atomic E-state index is 13.5. The van der Waals surface area contributed by atoms with Crippen LogP contribution in [0.1, 0.15) is 29.5 Å². The molecule has 1 aromatic rings. The molecule has 1 rings (SSSR count). The van der Waals surface area contributed by atoms with Gasteiger partial charge in [-0.1, -0.05) is 12.1 Å². The monoisotopic (exact) mass is 302 g/mol. The topological polar surface area (TPSA) is 58.2 Å². The summed E-state index contributed by atoms with van der Waals surface area (Å²) in [5, 5.41) is 2.98. The molecule has 0 aliphatic heterocycles. The second-order valence-corrected chi connectivity index (χ2v) is 6.92. The van der Waals surface area contributed by atoms with Gasteiger partial charge in [-0.2, -0.15) is 0 Å². The lowest BCUT2D eigenvalue weighted by Crippen LogP contribution is -2.26. The second kappa shape index (κ2) is 7.71. The summed E-state index contributed by atoms with van der Waals surface area (Å²) in [6, 6.07) is 3.34. The van der Waals surface area contributed by atoms with Gasteiger partial charge in [0.1, 0.15) is 5.82 Å². The van der Waals surface area contributed by atoms with Crippen molar-refractivity contribution in [3.05, 3.63) is 34.6 Å². The van der Waals surface area contributed by atoms with Crippen LogP contribution in [0.15, 0.2) is 12.1 Å². The average Bonchev–Trinajstić information content (AvgIpc) is 2.39. The lowest BCUT2D eigenvalue weighted by Gasteiger charge is -2.09. The summed E-state index contributed by atoms with van der Waals surface area (Å²) >= 11 is 0. The molecule has 4 nitrogen and oxygen atoms in total. The summed E-state index contributed by atoms with van der Waals surface area (Å²) in [7, 11) is -1.43. The van der Waals surface area contributed by atoms with E-state index >= 15 is 0 Å². The van der Waals surface area contributed by atoms with E-state index in [0.29, 0.717) is 17.5 Å². The molecule has 0 aliphatic carbocycles. The van der Waals surface area contributed by atoms with Crippen LogP contribution in [0.25, 0.3) is 0 Å². The molecule has 0 fully saturated rings. The number of sulfonamides is 1. The number of unbranched alkanes of at least 4 members (excludes halogenated alkanes) is 1. The Hall–Kier alpha value is -0.980. The SMILES string of the molecule is CNCCCCS(=O)(=O)NCc1cc(C)c(F)c(C)c1. The van der Waals surface area contributed by atoms with Crippen LogP contribution >= 0.6 is 0 Å². The van der Waals surface area contributed by atoms with Gasteiger partial charge in [-0.15, -0.1) is 0 Å². The van der Waals surface area contributed by atoms with E-state index in [-0.39, 0.29) is 18.1 Å². The van der Waals surface area contributed by atoms with Gasteiger partial charge in [-0.3, -0.25) is 0 Å². The number of hydrogen-bond acceptors (Lipinski definition) is 3. The normalized spacial score (nSPS) is 11.8. The highest BCUT2D eigenvalue weighted by Crippen LogP contribution is 2.14. The van der Waals surface area contributed by atoms with E-state index in [4.69, 9.17) is 0 Å². The maximum absolute atomic E-state index is 13.5. The average molecular weight is 302 g/mol. The van der Waals surface area contributed by atoms with Crippen molar-refractivity contribution in [1.82, 2.24) is 10.0 Å². The van der Waals surface area contributed by atoms with Crippen molar-refractivity contribution in [2.75, 3.05) is 19.3 Å². The van der Waals surface area contributed by atoms with Gasteiger partial charge in [-0.05, 0) is 57.0 Å². The molecular weight excluding hydrogens is 279 g/mol. The van der Waals surface area contributed by atoms with Crippen LogP contribution in [0.2, 0.25) is 0 Å². The van der Waals surface area contributed by atoms with Crippen molar-refractivity contribution in [3.8, 4) is 0 Å². The summed E-state index contributed by atoms with van der Waals surface area (Å²) in [6.45, 7) is 4.37. The first-order chi connectivity index (χ1) is 9.35. The molecule has 6 heteroatoms. The summed E-state index contributed by atoms with van der Waals surface area (Å²) < 4.78 is 39.6. The van der Waals surface area contributed by atoms with Crippen molar-refractivity contribution in [1.29, 1.82) is 0 Å². The molecule has 1 aromatic carbocycles. The van der Waals surface area contributed by atoms with Gasteiger partial charge in [0.05, 0.1) is 5.75 Å². The summed E-state index contributed by atoms with van der Waals surface area (Å²) in [4.78, 5) is 0. The van der Waals surface area contributed by atoms with Gasteiger partial charge in [0.25, 0.3) is 0 Å². The minimum atomic E-state index is -3.27. The summed E-state index contributed by atoms with van der Waals surface area (Å²) in [5.41, 5.74) is 1.85. The molecule has 0 saturated heterocycles. The first-order valence-electron chi connectivity index (χ1n) is 6.73. The zero-order valence-corrected chi connectivity index (χ0v) is 13.1. The number of nitrogens with one attached hydrogen (secondary N) is 2. The molecule has 0 saturated carbocycles. The van der Waals surface area contributed by atoms with E-state index in [0.717, 1.165) is 18.5 Å². The van der Waals surface area contributed by atoms with Crippen LogP contribution in [-0.2, 0) is 16.6 Å². The van der Waals surface area contributed by atoms with Crippen LogP contribution in [0.3, 0.4) is 0 Å². The lowest BCUT2D eigenvalue weighted by molar-refractivity contribution is 0.575. The Balaban J connectivity index is 2.54. The third-order valence-corrected chi connectivity index (χ3v) is 4.49. The standard InChI is InChI=1S/C14H23FN2O2S/c1-11-8-13(9-12(2)14(11)15)10-17-20(18,19)7-5-4-6-16-3/h8-9,16-17H,4-7,10H2,1-3H3. The van der Waals surface area contributed by atoms with Crippen LogP contribution in [0.4, 0.5) is 4.39 Å². The van der Waals surface area contributed by atoms with Crippen molar-refractivity contribution in [3.63, 3.8) is 0 Å². The van der Waals surface area contributed by atoms with Crippen molar-refractivity contribution in [2.45, 2.75) is 33.2 Å². The van der Waals surface area contributed by atoms with Gasteiger partial charge in [0.2, 0.25) is 10.0 Å². The number of aryl methyl sites for hydroxylation is 2. The summed E-state index contributed by atoms with van der Waals surface area (Å²) in [6.07, 6.45) is 1.45. The minimum absolute atomic E-state index is 0.119. The van der Waals surface area contributed by atoms with E-state index in [1.165, 1.54) is 0 Å². The quantitative estimate of drug-likeness (QED) is 0.721. The minimum Gasteiger partial charge on any atom is -0.320 e. The molecule has 0 heterocycles. The van der Waals surface area contributed by atoms with Gasteiger partial charge >= 0.3 is 0 Å². The molecule has 0 amide bonds. The van der Waals surface area contributed by atoms with Crippen molar-refractivity contribution < 1.29 is 12.8 Å². The largest absolute Gasteiger partial charge is 0.320 e. The van der Waals surface area contributed by atoms with Gasteiger partial charge in [-0.25, -0.2) is 17.5 Å². The predicted molar refractivity (Wildman–Crippen MR) is 79.7 cm³/mol.